The number of benzene rings is 1. The van der Waals surface area contributed by atoms with E-state index in [1.807, 2.05) is 24.3 Å². The molecule has 2 aromatic rings. The van der Waals surface area contributed by atoms with Crippen molar-refractivity contribution in [2.24, 2.45) is 5.92 Å². The maximum atomic E-state index is 12.2. The lowest BCUT2D eigenvalue weighted by Crippen LogP contribution is -2.34. The zero-order valence-electron chi connectivity index (χ0n) is 14.5. The zero-order chi connectivity index (χ0) is 16.9. The van der Waals surface area contributed by atoms with Gasteiger partial charge in [0.1, 0.15) is 5.75 Å². The molecular formula is C19H24ClN3O2. The summed E-state index contributed by atoms with van der Waals surface area (Å²) in [6.45, 7) is 5.92. The molecule has 1 aromatic heterocycles. The van der Waals surface area contributed by atoms with E-state index in [9.17, 15) is 4.79 Å². The highest BCUT2D eigenvalue weighted by Gasteiger charge is 2.20. The molecule has 1 aliphatic heterocycles. The van der Waals surface area contributed by atoms with Gasteiger partial charge >= 0.3 is 0 Å². The van der Waals surface area contributed by atoms with Crippen LogP contribution in [0.2, 0.25) is 0 Å². The highest BCUT2D eigenvalue weighted by molar-refractivity contribution is 5.92. The van der Waals surface area contributed by atoms with Crippen LogP contribution in [0, 0.1) is 19.8 Å². The number of aromatic nitrogens is 1. The molecule has 0 unspecified atom stereocenters. The van der Waals surface area contributed by atoms with Gasteiger partial charge in [0.05, 0.1) is 11.9 Å². The molecule has 1 aromatic carbocycles. The van der Waals surface area contributed by atoms with Crippen LogP contribution >= 0.6 is 12.4 Å². The minimum atomic E-state index is 0. The maximum absolute atomic E-state index is 12.2. The van der Waals surface area contributed by atoms with Crippen LogP contribution in [0.3, 0.4) is 0 Å². The third-order valence-electron chi connectivity index (χ3n) is 4.41. The van der Waals surface area contributed by atoms with Crippen LogP contribution in [0.25, 0.3) is 0 Å². The van der Waals surface area contributed by atoms with Gasteiger partial charge in [0.15, 0.2) is 0 Å². The van der Waals surface area contributed by atoms with E-state index < -0.39 is 0 Å². The highest BCUT2D eigenvalue weighted by Crippen LogP contribution is 2.23. The van der Waals surface area contributed by atoms with E-state index >= 15 is 0 Å². The number of piperidine rings is 1. The maximum Gasteiger partial charge on any atom is 0.227 e. The fourth-order valence-corrected chi connectivity index (χ4v) is 2.74. The van der Waals surface area contributed by atoms with Gasteiger partial charge in [-0.05, 0) is 69.1 Å². The predicted octanol–water partition coefficient (Wildman–Crippen LogP) is 3.85. The van der Waals surface area contributed by atoms with Gasteiger partial charge in [-0.25, -0.2) is 4.98 Å². The van der Waals surface area contributed by atoms with Crippen LogP contribution < -0.4 is 15.4 Å². The number of carbonyl (C=O) groups is 1. The third kappa shape index (κ3) is 5.18. The van der Waals surface area contributed by atoms with Crippen LogP contribution in [-0.4, -0.2) is 24.0 Å². The molecule has 0 bridgehead atoms. The molecular weight excluding hydrogens is 338 g/mol. The summed E-state index contributed by atoms with van der Waals surface area (Å²) >= 11 is 0. The second-order valence-electron chi connectivity index (χ2n) is 6.25. The Labute approximate surface area is 154 Å². The molecule has 6 heteroatoms. The molecule has 0 radical (unpaired) electrons. The summed E-state index contributed by atoms with van der Waals surface area (Å²) in [4.78, 5) is 16.5. The molecule has 1 amide bonds. The fourth-order valence-electron chi connectivity index (χ4n) is 2.74. The summed E-state index contributed by atoms with van der Waals surface area (Å²) in [5.41, 5.74) is 3.11. The van der Waals surface area contributed by atoms with E-state index in [4.69, 9.17) is 4.74 Å². The minimum absolute atomic E-state index is 0. The normalized spacial score (nSPS) is 14.5. The number of rotatable bonds is 4. The Balaban J connectivity index is 0.00000225. The molecule has 1 fully saturated rings. The van der Waals surface area contributed by atoms with Crippen LogP contribution in [0.5, 0.6) is 11.6 Å². The monoisotopic (exact) mass is 361 g/mol. The number of anilines is 1. The first-order valence-corrected chi connectivity index (χ1v) is 8.34. The average Bonchev–Trinajstić information content (AvgIpc) is 2.61. The Morgan fingerprint density at radius 2 is 1.92 bits per heavy atom. The van der Waals surface area contributed by atoms with Crippen LogP contribution in [0.1, 0.15) is 24.0 Å². The number of hydrogen-bond donors (Lipinski definition) is 2. The van der Waals surface area contributed by atoms with Crippen molar-refractivity contribution < 1.29 is 9.53 Å². The number of pyridine rings is 1. The van der Waals surface area contributed by atoms with Crippen molar-refractivity contribution in [3.05, 3.63) is 47.7 Å². The number of hydrogen-bond acceptors (Lipinski definition) is 4. The van der Waals surface area contributed by atoms with E-state index in [1.54, 1.807) is 12.3 Å². The minimum Gasteiger partial charge on any atom is -0.439 e. The van der Waals surface area contributed by atoms with Crippen molar-refractivity contribution in [3.8, 4) is 11.6 Å². The number of amides is 1. The lowest BCUT2D eigenvalue weighted by Gasteiger charge is -2.21. The van der Waals surface area contributed by atoms with Crippen LogP contribution in [0.15, 0.2) is 36.5 Å². The lowest BCUT2D eigenvalue weighted by atomic mass is 9.97. The van der Waals surface area contributed by atoms with Crippen molar-refractivity contribution >= 4 is 24.0 Å². The van der Waals surface area contributed by atoms with E-state index in [2.05, 4.69) is 29.5 Å². The molecule has 0 aliphatic carbocycles. The molecule has 3 rings (SSSR count). The van der Waals surface area contributed by atoms with Gasteiger partial charge < -0.3 is 15.4 Å². The Kier molecular flexibility index (Phi) is 6.79. The van der Waals surface area contributed by atoms with Crippen LogP contribution in [-0.2, 0) is 4.79 Å². The second-order valence-corrected chi connectivity index (χ2v) is 6.25. The number of aryl methyl sites for hydroxylation is 2. The summed E-state index contributed by atoms with van der Waals surface area (Å²) in [6.07, 6.45) is 3.40. The largest absolute Gasteiger partial charge is 0.439 e. The van der Waals surface area contributed by atoms with E-state index in [-0.39, 0.29) is 24.2 Å². The first-order valence-electron chi connectivity index (χ1n) is 8.34. The van der Waals surface area contributed by atoms with E-state index in [0.717, 1.165) is 31.7 Å². The van der Waals surface area contributed by atoms with Crippen molar-refractivity contribution in [1.82, 2.24) is 10.3 Å². The number of nitrogens with one attached hydrogen (secondary N) is 2. The SMILES string of the molecule is Cc1ccc(Oc2ccc(NC(=O)C3CCNCC3)cn2)cc1C.Cl. The van der Waals surface area contributed by atoms with Crippen molar-refractivity contribution in [2.75, 3.05) is 18.4 Å². The van der Waals surface area contributed by atoms with Gasteiger partial charge in [-0.2, -0.15) is 0 Å². The average molecular weight is 362 g/mol. The Morgan fingerprint density at radius 1 is 1.16 bits per heavy atom. The molecule has 2 heterocycles. The Morgan fingerprint density at radius 3 is 2.56 bits per heavy atom. The predicted molar refractivity (Wildman–Crippen MR) is 102 cm³/mol. The van der Waals surface area contributed by atoms with Gasteiger partial charge in [-0.15, -0.1) is 12.4 Å². The lowest BCUT2D eigenvalue weighted by molar-refractivity contribution is -0.120. The molecule has 1 aliphatic rings. The second kappa shape index (κ2) is 8.83. The molecule has 0 spiro atoms. The van der Waals surface area contributed by atoms with Gasteiger partial charge in [-0.1, -0.05) is 6.07 Å². The molecule has 25 heavy (non-hydrogen) atoms. The van der Waals surface area contributed by atoms with Gasteiger partial charge in [0.2, 0.25) is 11.8 Å². The zero-order valence-corrected chi connectivity index (χ0v) is 15.4. The topological polar surface area (TPSA) is 63.2 Å². The quantitative estimate of drug-likeness (QED) is 0.868. The van der Waals surface area contributed by atoms with Crippen molar-refractivity contribution in [2.45, 2.75) is 26.7 Å². The van der Waals surface area contributed by atoms with Gasteiger partial charge in [-0.3, -0.25) is 4.79 Å². The summed E-state index contributed by atoms with van der Waals surface area (Å²) in [5, 5.41) is 6.20. The fraction of sp³-hybridized carbons (Fsp3) is 0.368. The van der Waals surface area contributed by atoms with Gasteiger partial charge in [0.25, 0.3) is 0 Å². The number of carbonyl (C=O) groups excluding carboxylic acids is 1. The van der Waals surface area contributed by atoms with Crippen molar-refractivity contribution in [1.29, 1.82) is 0 Å². The number of halogens is 1. The molecule has 0 atom stereocenters. The number of nitrogens with zero attached hydrogens (tertiary/aromatic N) is 1. The summed E-state index contributed by atoms with van der Waals surface area (Å²) in [7, 11) is 0. The summed E-state index contributed by atoms with van der Waals surface area (Å²) < 4.78 is 5.76. The Bertz CT molecular complexity index is 713. The highest BCUT2D eigenvalue weighted by atomic mass is 35.5. The Hall–Kier alpha value is -2.11. The van der Waals surface area contributed by atoms with E-state index in [1.165, 1.54) is 11.1 Å². The smallest absolute Gasteiger partial charge is 0.227 e. The molecule has 0 saturated carbocycles. The van der Waals surface area contributed by atoms with Gasteiger partial charge in [0, 0.05) is 12.0 Å². The molecule has 5 nitrogen and oxygen atoms in total. The molecule has 2 N–H and O–H groups in total. The van der Waals surface area contributed by atoms with Crippen molar-refractivity contribution in [3.63, 3.8) is 0 Å². The number of ether oxygens (including phenoxy) is 1. The van der Waals surface area contributed by atoms with Crippen LogP contribution in [0.4, 0.5) is 5.69 Å². The molecule has 134 valence electrons. The standard InChI is InChI=1S/C19H23N3O2.ClH/c1-13-3-5-17(11-14(13)2)24-18-6-4-16(12-21-18)22-19(23)15-7-9-20-10-8-15;/h3-6,11-12,15,20H,7-10H2,1-2H3,(H,22,23);1H. The third-order valence-corrected chi connectivity index (χ3v) is 4.41. The summed E-state index contributed by atoms with van der Waals surface area (Å²) in [6, 6.07) is 9.54. The van der Waals surface area contributed by atoms with E-state index in [0.29, 0.717) is 11.6 Å². The first-order chi connectivity index (χ1) is 11.6. The summed E-state index contributed by atoms with van der Waals surface area (Å²) in [5.74, 6) is 1.43. The first kappa shape index (κ1) is 19.2. The molecule has 1 saturated heterocycles.